The number of rotatable bonds is 9. The predicted molar refractivity (Wildman–Crippen MR) is 144 cm³/mol. The second kappa shape index (κ2) is 11.6. The van der Waals surface area contributed by atoms with Gasteiger partial charge < -0.3 is 13.5 Å². The first-order chi connectivity index (χ1) is 16.6. The fourth-order valence-corrected chi connectivity index (χ4v) is 5.84. The number of nitrogens with two attached hydrogens (primary N) is 1. The highest BCUT2D eigenvalue weighted by Crippen LogP contribution is 2.37. The molecule has 0 aliphatic heterocycles. The Hall–Kier alpha value is -2.68. The summed E-state index contributed by atoms with van der Waals surface area (Å²) in [5.41, 5.74) is 9.78. The number of benzene rings is 1. The summed E-state index contributed by atoms with van der Waals surface area (Å²) in [7, 11) is 0. The molecule has 3 aromatic heterocycles. The molecule has 34 heavy (non-hydrogen) atoms. The van der Waals surface area contributed by atoms with Crippen LogP contribution in [0.25, 0.3) is 21.7 Å². The molecular weight excluding hydrogens is 601 g/mol. The third-order valence-electron chi connectivity index (χ3n) is 4.66. The zero-order valence-electron chi connectivity index (χ0n) is 17.5. The SMILES string of the molecule is N#Cc1c(N)nc(SCc2csc(-c3ccsc3)n2)c(C#N)c1-c1ccc(OCCOI)cc1. The number of thioether (sulfide) groups is 1. The van der Waals surface area contributed by atoms with Crippen LogP contribution in [0.2, 0.25) is 0 Å². The maximum absolute atomic E-state index is 9.99. The van der Waals surface area contributed by atoms with E-state index in [0.717, 1.165) is 16.3 Å². The Morgan fingerprint density at radius 2 is 1.79 bits per heavy atom. The number of hydrogen-bond donors (Lipinski definition) is 1. The largest absolute Gasteiger partial charge is 0.491 e. The minimum Gasteiger partial charge on any atom is -0.491 e. The molecule has 0 spiro atoms. The molecule has 4 rings (SSSR count). The third-order valence-corrected chi connectivity index (χ3v) is 7.74. The van der Waals surface area contributed by atoms with Crippen LogP contribution in [0, 0.1) is 22.7 Å². The Morgan fingerprint density at radius 1 is 1.00 bits per heavy atom. The highest BCUT2D eigenvalue weighted by Gasteiger charge is 2.21. The van der Waals surface area contributed by atoms with E-state index in [2.05, 4.69) is 27.5 Å². The maximum atomic E-state index is 9.99. The smallest absolute Gasteiger partial charge is 0.143 e. The normalized spacial score (nSPS) is 10.6. The Bertz CT molecular complexity index is 1360. The molecule has 0 aliphatic rings. The molecule has 0 amide bonds. The molecule has 0 fully saturated rings. The number of hydrogen-bond acceptors (Lipinski definition) is 10. The summed E-state index contributed by atoms with van der Waals surface area (Å²) >= 11 is 6.40. The van der Waals surface area contributed by atoms with Crippen LogP contribution in [-0.2, 0) is 8.82 Å². The van der Waals surface area contributed by atoms with Crippen LogP contribution < -0.4 is 10.5 Å². The Morgan fingerprint density at radius 3 is 2.47 bits per heavy atom. The number of thiophene rings is 1. The van der Waals surface area contributed by atoms with Gasteiger partial charge in [-0.3, -0.25) is 0 Å². The monoisotopic (exact) mass is 617 g/mol. The van der Waals surface area contributed by atoms with Gasteiger partial charge in [0.1, 0.15) is 68.9 Å². The molecule has 0 bridgehead atoms. The van der Waals surface area contributed by atoms with E-state index in [9.17, 15) is 10.5 Å². The summed E-state index contributed by atoms with van der Waals surface area (Å²) in [6.45, 7) is 0.887. The molecular formula is C23H16IN5O2S3. The van der Waals surface area contributed by atoms with Crippen molar-refractivity contribution in [2.45, 2.75) is 10.8 Å². The number of nitrogens with zero attached hydrogens (tertiary/aromatic N) is 4. The zero-order chi connectivity index (χ0) is 23.9. The van der Waals surface area contributed by atoms with Gasteiger partial charge in [0.2, 0.25) is 0 Å². The molecule has 7 nitrogen and oxygen atoms in total. The summed E-state index contributed by atoms with van der Waals surface area (Å²) in [6, 6.07) is 13.6. The number of aromatic nitrogens is 2. The van der Waals surface area contributed by atoms with E-state index < -0.39 is 0 Å². The lowest BCUT2D eigenvalue weighted by atomic mass is 9.97. The summed E-state index contributed by atoms with van der Waals surface area (Å²) in [4.78, 5) is 9.06. The first kappa shape index (κ1) is 24.4. The van der Waals surface area contributed by atoms with Gasteiger partial charge in [-0.2, -0.15) is 21.9 Å². The van der Waals surface area contributed by atoms with Crippen LogP contribution >= 0.6 is 57.4 Å². The summed E-state index contributed by atoms with van der Waals surface area (Å²) < 4.78 is 10.6. The molecule has 170 valence electrons. The molecule has 11 heteroatoms. The van der Waals surface area contributed by atoms with Crippen LogP contribution in [-0.4, -0.2) is 23.2 Å². The van der Waals surface area contributed by atoms with Gasteiger partial charge in [-0.25, -0.2) is 9.97 Å². The van der Waals surface area contributed by atoms with Crippen molar-refractivity contribution in [1.82, 2.24) is 9.97 Å². The molecule has 0 saturated heterocycles. The van der Waals surface area contributed by atoms with Crippen molar-refractivity contribution in [3.8, 4) is 39.6 Å². The van der Waals surface area contributed by atoms with Crippen molar-refractivity contribution < 1.29 is 7.80 Å². The van der Waals surface area contributed by atoms with E-state index in [1.165, 1.54) is 11.8 Å². The van der Waals surface area contributed by atoms with Gasteiger partial charge in [0.05, 0.1) is 17.9 Å². The minimum atomic E-state index is 0.0933. The lowest BCUT2D eigenvalue weighted by Gasteiger charge is -2.13. The average Bonchev–Trinajstić information content (AvgIpc) is 3.55. The average molecular weight is 618 g/mol. The van der Waals surface area contributed by atoms with Crippen LogP contribution in [0.3, 0.4) is 0 Å². The van der Waals surface area contributed by atoms with E-state index in [1.807, 2.05) is 39.8 Å². The number of ether oxygens (including phenoxy) is 1. The van der Waals surface area contributed by atoms with Crippen LogP contribution in [0.4, 0.5) is 5.82 Å². The highest BCUT2D eigenvalue weighted by atomic mass is 127. The first-order valence-electron chi connectivity index (χ1n) is 9.84. The standard InChI is InChI=1S/C23H16IN5O2S3/c24-31-7-6-30-17-3-1-14(2-4-17)20-18(9-25)21(27)29-23(19(20)10-26)34-13-16-12-33-22(28-16)15-5-8-32-11-15/h1-5,8,11-12H,6-7,13H2,(H2,27,29). The van der Waals surface area contributed by atoms with Crippen molar-refractivity contribution in [1.29, 1.82) is 10.5 Å². The van der Waals surface area contributed by atoms with Crippen LogP contribution in [0.15, 0.2) is 51.5 Å². The van der Waals surface area contributed by atoms with E-state index in [0.29, 0.717) is 46.4 Å². The van der Waals surface area contributed by atoms with Gasteiger partial charge in [-0.05, 0) is 29.1 Å². The quantitative estimate of drug-likeness (QED) is 0.132. The number of nitrogen functional groups attached to an aromatic ring is 1. The number of nitriles is 2. The molecule has 0 aliphatic carbocycles. The highest BCUT2D eigenvalue weighted by molar-refractivity contribution is 14.1. The number of pyridine rings is 1. The Balaban J connectivity index is 1.62. The van der Waals surface area contributed by atoms with Crippen molar-refractivity contribution in [2.24, 2.45) is 0 Å². The van der Waals surface area contributed by atoms with E-state index in [-0.39, 0.29) is 11.4 Å². The molecule has 3 heterocycles. The van der Waals surface area contributed by atoms with E-state index >= 15 is 0 Å². The van der Waals surface area contributed by atoms with Gasteiger partial charge in [0.25, 0.3) is 0 Å². The van der Waals surface area contributed by atoms with Gasteiger partial charge >= 0.3 is 0 Å². The zero-order valence-corrected chi connectivity index (χ0v) is 22.1. The fraction of sp³-hybridized carbons (Fsp3) is 0.130. The van der Waals surface area contributed by atoms with Crippen molar-refractivity contribution >= 4 is 63.3 Å². The van der Waals surface area contributed by atoms with Crippen molar-refractivity contribution in [3.63, 3.8) is 0 Å². The molecule has 1 aromatic carbocycles. The predicted octanol–water partition coefficient (Wildman–Crippen LogP) is 6.30. The van der Waals surface area contributed by atoms with E-state index in [1.54, 1.807) is 46.9 Å². The number of anilines is 1. The Kier molecular flexibility index (Phi) is 8.37. The van der Waals surface area contributed by atoms with Crippen LogP contribution in [0.5, 0.6) is 5.75 Å². The van der Waals surface area contributed by atoms with Crippen molar-refractivity contribution in [3.05, 3.63) is 63.3 Å². The van der Waals surface area contributed by atoms with Crippen LogP contribution in [0.1, 0.15) is 16.8 Å². The molecule has 0 radical (unpaired) electrons. The second-order valence-corrected chi connectivity index (χ2v) is 10.0. The summed E-state index contributed by atoms with van der Waals surface area (Å²) in [6.07, 6.45) is 0. The number of halogens is 1. The van der Waals surface area contributed by atoms with Gasteiger partial charge in [0.15, 0.2) is 0 Å². The molecule has 0 unspecified atom stereocenters. The Labute approximate surface area is 222 Å². The van der Waals surface area contributed by atoms with Gasteiger partial charge in [-0.15, -0.1) is 11.3 Å². The number of thiazole rings is 1. The topological polar surface area (TPSA) is 118 Å². The third kappa shape index (κ3) is 5.51. The van der Waals surface area contributed by atoms with Gasteiger partial charge in [-0.1, -0.05) is 23.9 Å². The van der Waals surface area contributed by atoms with E-state index in [4.69, 9.17) is 13.5 Å². The minimum absolute atomic E-state index is 0.0933. The fourth-order valence-electron chi connectivity index (χ4n) is 3.13. The first-order valence-corrected chi connectivity index (χ1v) is 13.5. The molecule has 2 N–H and O–H groups in total. The van der Waals surface area contributed by atoms with Gasteiger partial charge in [0, 0.05) is 27.6 Å². The lowest BCUT2D eigenvalue weighted by Crippen LogP contribution is -2.04. The molecule has 0 saturated carbocycles. The summed E-state index contributed by atoms with van der Waals surface area (Å²) in [5.74, 6) is 1.28. The molecule has 0 atom stereocenters. The maximum Gasteiger partial charge on any atom is 0.143 e. The van der Waals surface area contributed by atoms with Crippen molar-refractivity contribution in [2.75, 3.05) is 18.9 Å². The lowest BCUT2D eigenvalue weighted by molar-refractivity contribution is 0.256. The summed E-state index contributed by atoms with van der Waals surface area (Å²) in [5, 5.41) is 27.2. The molecule has 4 aromatic rings. The second-order valence-electron chi connectivity index (χ2n) is 6.78.